The Kier molecular flexibility index (Phi) is 1.88. The largest absolute Gasteiger partial charge is 0.0868 e. The third-order valence-electron chi connectivity index (χ3n) is 2.90. The van der Waals surface area contributed by atoms with Crippen molar-refractivity contribution in [3.05, 3.63) is 0 Å². The summed E-state index contributed by atoms with van der Waals surface area (Å²) in [7, 11) is 0. The Labute approximate surface area is 79.0 Å². The Bertz CT molecular complexity index is 128. The first-order chi connectivity index (χ1) is 4.73. The number of halogens is 2. The zero-order valence-electron chi connectivity index (χ0n) is 5.95. The van der Waals surface area contributed by atoms with E-state index in [0.717, 1.165) is 11.8 Å². The zero-order chi connectivity index (χ0) is 7.19. The van der Waals surface area contributed by atoms with Crippen LogP contribution < -0.4 is 0 Å². The van der Waals surface area contributed by atoms with Crippen molar-refractivity contribution in [3.63, 3.8) is 0 Å². The highest BCUT2D eigenvalue weighted by Gasteiger charge is 2.60. The molecule has 2 heteroatoms. The Morgan fingerprint density at radius 1 is 0.900 bits per heavy atom. The van der Waals surface area contributed by atoms with Crippen molar-refractivity contribution in [1.29, 1.82) is 0 Å². The fourth-order valence-electron chi connectivity index (χ4n) is 2.15. The molecule has 0 aromatic heterocycles. The quantitative estimate of drug-likeness (QED) is 0.588. The minimum absolute atomic E-state index is 0.362. The van der Waals surface area contributed by atoms with Gasteiger partial charge in [0, 0.05) is 0 Å². The lowest BCUT2D eigenvalue weighted by atomic mass is 10.2. The van der Waals surface area contributed by atoms with Crippen LogP contribution in [0.25, 0.3) is 0 Å². The number of hydrogen-bond acceptors (Lipinski definition) is 0. The molecular formula is C8H12Br2. The van der Waals surface area contributed by atoms with E-state index in [-0.39, 0.29) is 0 Å². The molecule has 0 aliphatic heterocycles. The Balaban J connectivity index is 2.01. The highest BCUT2D eigenvalue weighted by molar-refractivity contribution is 9.25. The summed E-state index contributed by atoms with van der Waals surface area (Å²) in [6.07, 6.45) is 7.21. The molecule has 2 rings (SSSR count). The van der Waals surface area contributed by atoms with E-state index in [1.54, 1.807) is 0 Å². The molecule has 10 heavy (non-hydrogen) atoms. The van der Waals surface area contributed by atoms with Crippen molar-refractivity contribution < 1.29 is 0 Å². The van der Waals surface area contributed by atoms with Gasteiger partial charge in [0.05, 0.1) is 3.23 Å². The highest BCUT2D eigenvalue weighted by atomic mass is 79.9. The third kappa shape index (κ3) is 1.08. The second-order valence-electron chi connectivity index (χ2n) is 3.53. The second-order valence-corrected chi connectivity index (χ2v) is 7.21. The predicted octanol–water partition coefficient (Wildman–Crippen LogP) is 3.68. The molecule has 0 spiro atoms. The van der Waals surface area contributed by atoms with E-state index in [4.69, 9.17) is 0 Å². The van der Waals surface area contributed by atoms with Crippen molar-refractivity contribution in [2.45, 2.75) is 35.3 Å². The first kappa shape index (κ1) is 7.60. The number of alkyl halides is 2. The average molecular weight is 268 g/mol. The molecule has 0 aromatic rings. The van der Waals surface area contributed by atoms with Gasteiger partial charge in [-0.25, -0.2) is 0 Å². The molecule has 0 N–H and O–H groups in total. The van der Waals surface area contributed by atoms with Crippen LogP contribution in [-0.4, -0.2) is 3.23 Å². The summed E-state index contributed by atoms with van der Waals surface area (Å²) < 4.78 is 0.362. The standard InChI is InChI=1S/C8H12Br2/c9-8(10)6-4-2-1-3-5-7(6)8/h6-7H,1-5H2/t6-,7-/m1/s1. The molecule has 2 fully saturated rings. The first-order valence-electron chi connectivity index (χ1n) is 4.11. The summed E-state index contributed by atoms with van der Waals surface area (Å²) in [6, 6.07) is 0. The van der Waals surface area contributed by atoms with Crippen molar-refractivity contribution in [2.75, 3.05) is 0 Å². The maximum absolute atomic E-state index is 3.73. The van der Waals surface area contributed by atoms with Crippen LogP contribution in [0.2, 0.25) is 0 Å². The van der Waals surface area contributed by atoms with Gasteiger partial charge in [-0.2, -0.15) is 0 Å². The first-order valence-corrected chi connectivity index (χ1v) is 5.69. The van der Waals surface area contributed by atoms with Crippen molar-refractivity contribution in [1.82, 2.24) is 0 Å². The van der Waals surface area contributed by atoms with Crippen molar-refractivity contribution in [3.8, 4) is 0 Å². The van der Waals surface area contributed by atoms with Gasteiger partial charge in [-0.15, -0.1) is 0 Å². The number of hydrogen-bond donors (Lipinski definition) is 0. The van der Waals surface area contributed by atoms with Crippen molar-refractivity contribution >= 4 is 31.9 Å². The molecule has 0 amide bonds. The normalized spacial score (nSPS) is 43.8. The number of rotatable bonds is 0. The molecule has 58 valence electrons. The maximum Gasteiger partial charge on any atom is 0.0868 e. The Morgan fingerprint density at radius 2 is 1.40 bits per heavy atom. The lowest BCUT2D eigenvalue weighted by molar-refractivity contribution is 0.644. The average Bonchev–Trinajstić information content (AvgIpc) is 2.47. The van der Waals surface area contributed by atoms with E-state index in [0.29, 0.717) is 3.23 Å². The van der Waals surface area contributed by atoms with Gasteiger partial charge in [0.25, 0.3) is 0 Å². The van der Waals surface area contributed by atoms with E-state index in [9.17, 15) is 0 Å². The SMILES string of the molecule is BrC1(Br)[C@@H]2CCCCC[C@H]21. The molecule has 2 saturated carbocycles. The molecule has 2 aliphatic rings. The molecular weight excluding hydrogens is 256 g/mol. The lowest BCUT2D eigenvalue weighted by Crippen LogP contribution is -1.91. The van der Waals surface area contributed by atoms with Crippen LogP contribution in [0.5, 0.6) is 0 Å². The van der Waals surface area contributed by atoms with Gasteiger partial charge < -0.3 is 0 Å². The summed E-state index contributed by atoms with van der Waals surface area (Å²) in [5.74, 6) is 1.88. The second kappa shape index (κ2) is 2.48. The Morgan fingerprint density at radius 3 is 1.90 bits per heavy atom. The minimum Gasteiger partial charge on any atom is -0.0721 e. The van der Waals surface area contributed by atoms with E-state index in [1.807, 2.05) is 0 Å². The van der Waals surface area contributed by atoms with Crippen LogP contribution in [0.1, 0.15) is 32.1 Å². The van der Waals surface area contributed by atoms with Crippen LogP contribution in [0, 0.1) is 11.8 Å². The van der Waals surface area contributed by atoms with Gasteiger partial charge in [-0.1, -0.05) is 51.1 Å². The van der Waals surface area contributed by atoms with E-state index >= 15 is 0 Å². The van der Waals surface area contributed by atoms with Crippen LogP contribution in [0.15, 0.2) is 0 Å². The molecule has 0 saturated heterocycles. The lowest BCUT2D eigenvalue weighted by Gasteiger charge is -2.01. The van der Waals surface area contributed by atoms with Crippen LogP contribution >= 0.6 is 31.9 Å². The van der Waals surface area contributed by atoms with Crippen LogP contribution in [-0.2, 0) is 0 Å². The summed E-state index contributed by atoms with van der Waals surface area (Å²) in [5.41, 5.74) is 0. The van der Waals surface area contributed by atoms with Gasteiger partial charge >= 0.3 is 0 Å². The van der Waals surface area contributed by atoms with E-state index in [1.165, 1.54) is 32.1 Å². The summed E-state index contributed by atoms with van der Waals surface area (Å²) >= 11 is 7.46. The third-order valence-corrected chi connectivity index (χ3v) is 5.25. The van der Waals surface area contributed by atoms with Gasteiger partial charge in [0.15, 0.2) is 0 Å². The van der Waals surface area contributed by atoms with Crippen molar-refractivity contribution in [2.24, 2.45) is 11.8 Å². The molecule has 0 radical (unpaired) electrons. The van der Waals surface area contributed by atoms with Crippen LogP contribution in [0.4, 0.5) is 0 Å². The number of fused-ring (bicyclic) bond motifs is 1. The molecule has 0 heterocycles. The van der Waals surface area contributed by atoms with Gasteiger partial charge in [0.2, 0.25) is 0 Å². The molecule has 2 aliphatic carbocycles. The fourth-order valence-corrected chi connectivity index (χ4v) is 4.08. The zero-order valence-corrected chi connectivity index (χ0v) is 9.12. The Hall–Kier alpha value is 0.960. The highest BCUT2D eigenvalue weighted by Crippen LogP contribution is 2.66. The maximum atomic E-state index is 3.73. The van der Waals surface area contributed by atoms with E-state index < -0.39 is 0 Å². The monoisotopic (exact) mass is 266 g/mol. The fraction of sp³-hybridized carbons (Fsp3) is 1.00. The van der Waals surface area contributed by atoms with Gasteiger partial charge in [-0.05, 0) is 24.7 Å². The van der Waals surface area contributed by atoms with Crippen LogP contribution in [0.3, 0.4) is 0 Å². The summed E-state index contributed by atoms with van der Waals surface area (Å²) in [4.78, 5) is 0. The van der Waals surface area contributed by atoms with Gasteiger partial charge in [0.1, 0.15) is 0 Å². The van der Waals surface area contributed by atoms with Gasteiger partial charge in [-0.3, -0.25) is 0 Å². The van der Waals surface area contributed by atoms with E-state index in [2.05, 4.69) is 31.9 Å². The molecule has 0 nitrogen and oxygen atoms in total. The molecule has 0 aromatic carbocycles. The molecule has 0 unspecified atom stereocenters. The topological polar surface area (TPSA) is 0 Å². The minimum atomic E-state index is 0.362. The summed E-state index contributed by atoms with van der Waals surface area (Å²) in [6.45, 7) is 0. The summed E-state index contributed by atoms with van der Waals surface area (Å²) in [5, 5.41) is 0. The predicted molar refractivity (Wildman–Crippen MR) is 50.7 cm³/mol. The molecule has 0 bridgehead atoms. The smallest absolute Gasteiger partial charge is 0.0721 e. The molecule has 2 atom stereocenters.